The van der Waals surface area contributed by atoms with E-state index in [4.69, 9.17) is 11.6 Å². The zero-order valence-corrected chi connectivity index (χ0v) is 38.3. The molecule has 17 heteroatoms. The van der Waals surface area contributed by atoms with Crippen molar-refractivity contribution >= 4 is 60.5 Å². The summed E-state index contributed by atoms with van der Waals surface area (Å²) < 4.78 is 97.8. The van der Waals surface area contributed by atoms with E-state index in [-0.39, 0.29) is 23.2 Å². The van der Waals surface area contributed by atoms with Crippen LogP contribution in [0.25, 0.3) is 11.1 Å². The molecule has 2 saturated heterocycles. The van der Waals surface area contributed by atoms with Gasteiger partial charge in [0.05, 0.1) is 16.7 Å². The molecule has 0 spiro atoms. The van der Waals surface area contributed by atoms with Crippen molar-refractivity contribution in [2.45, 2.75) is 77.4 Å². The molecule has 2 aliphatic heterocycles. The Labute approximate surface area is 382 Å². The molecular formula is C47H50ClF3N4O6S3. The van der Waals surface area contributed by atoms with Gasteiger partial charge >= 0.3 is 5.51 Å². The van der Waals surface area contributed by atoms with Crippen LogP contribution >= 0.6 is 23.4 Å². The molecule has 2 fully saturated rings. The summed E-state index contributed by atoms with van der Waals surface area (Å²) in [6.45, 7) is 4.93. The van der Waals surface area contributed by atoms with Crippen LogP contribution in [0.2, 0.25) is 5.02 Å². The van der Waals surface area contributed by atoms with Gasteiger partial charge in [-0.15, -0.1) is 11.8 Å². The van der Waals surface area contributed by atoms with Crippen LogP contribution in [0.4, 0.5) is 24.5 Å². The minimum atomic E-state index is -6.06. The third-order valence-corrected chi connectivity index (χ3v) is 16.3. The highest BCUT2D eigenvalue weighted by molar-refractivity contribution is 7.99. The van der Waals surface area contributed by atoms with Crippen LogP contribution in [-0.2, 0) is 19.9 Å². The lowest BCUT2D eigenvalue weighted by atomic mass is 9.84. The molecule has 2 aliphatic rings. The van der Waals surface area contributed by atoms with E-state index in [1.807, 2.05) is 90.5 Å². The van der Waals surface area contributed by atoms with Gasteiger partial charge in [0.2, 0.25) is 0 Å². The molecule has 0 saturated carbocycles. The molecule has 3 atom stereocenters. The number of thioether (sulfide) groups is 1. The van der Waals surface area contributed by atoms with E-state index in [1.54, 1.807) is 12.1 Å². The largest absolute Gasteiger partial charge is 0.501 e. The van der Waals surface area contributed by atoms with Gasteiger partial charge in [-0.3, -0.25) is 4.79 Å². The third kappa shape index (κ3) is 11.1. The zero-order chi connectivity index (χ0) is 45.6. The second kappa shape index (κ2) is 20.3. The first-order valence-corrected chi connectivity index (χ1v) is 25.5. The van der Waals surface area contributed by atoms with Gasteiger partial charge in [0.15, 0.2) is 0 Å². The van der Waals surface area contributed by atoms with Crippen molar-refractivity contribution in [3.05, 3.63) is 137 Å². The number of nitrogens with zero attached hydrogens (tertiary/aromatic N) is 2. The van der Waals surface area contributed by atoms with Crippen LogP contribution in [0.1, 0.15) is 61.1 Å². The monoisotopic (exact) mass is 954 g/mol. The Hall–Kier alpha value is -4.58. The molecule has 3 N–H and O–H groups in total. The first kappa shape index (κ1) is 47.4. The van der Waals surface area contributed by atoms with Crippen LogP contribution in [0, 0.1) is 5.92 Å². The predicted octanol–water partition coefficient (Wildman–Crippen LogP) is 9.82. The number of alkyl halides is 3. The summed E-state index contributed by atoms with van der Waals surface area (Å²) in [5.41, 5.74) is -2.68. The molecule has 0 aliphatic carbocycles. The second-order valence-electron chi connectivity index (χ2n) is 16.1. The molecule has 64 heavy (non-hydrogen) atoms. The number of rotatable bonds is 16. The second-order valence-corrected chi connectivity index (χ2v) is 21.2. The van der Waals surface area contributed by atoms with Gasteiger partial charge in [-0.2, -0.15) is 13.2 Å². The molecule has 340 valence electrons. The molecule has 0 bridgehead atoms. The van der Waals surface area contributed by atoms with Crippen molar-refractivity contribution in [1.82, 2.24) is 9.62 Å². The number of sulfonamides is 1. The van der Waals surface area contributed by atoms with Gasteiger partial charge < -0.3 is 20.2 Å². The number of nitrogens with one attached hydrogen (secondary N) is 2. The lowest BCUT2D eigenvalue weighted by Crippen LogP contribution is -2.36. The number of hydrogen-bond acceptors (Lipinski definition) is 10. The average molecular weight is 956 g/mol. The molecule has 0 unspecified atom stereocenters. The first-order valence-electron chi connectivity index (χ1n) is 21.1. The quantitative estimate of drug-likeness (QED) is 0.0821. The fourth-order valence-corrected chi connectivity index (χ4v) is 11.7. The summed E-state index contributed by atoms with van der Waals surface area (Å²) >= 11 is 7.57. The highest BCUT2D eigenvalue weighted by atomic mass is 35.5. The highest BCUT2D eigenvalue weighted by Gasteiger charge is 2.48. The summed E-state index contributed by atoms with van der Waals surface area (Å²) in [4.78, 5) is 16.5. The summed E-state index contributed by atoms with van der Waals surface area (Å²) in [5, 5.41) is 15.2. The Balaban J connectivity index is 1.04. The molecule has 2 heterocycles. The number of hydrogen-bond donors (Lipinski definition) is 3. The van der Waals surface area contributed by atoms with Gasteiger partial charge in [-0.05, 0) is 135 Å². The molecule has 1 amide bonds. The SMILES string of the molecule is CCN1CCC[C@H]1C[C@H](CSc1ccccc1)Nc1ccc(S(=O)(=O)NC(=O)c2ccc(N3CCC([C@@H](O)c4ccccc4-c4ccc(Cl)cc4)CC3)cc2)cc1S(=O)(=O)C(F)(F)F. The van der Waals surface area contributed by atoms with Gasteiger partial charge in [0.25, 0.3) is 25.8 Å². The van der Waals surface area contributed by atoms with Gasteiger partial charge in [0.1, 0.15) is 4.90 Å². The van der Waals surface area contributed by atoms with Crippen molar-refractivity contribution < 1.29 is 39.9 Å². The fourth-order valence-electron chi connectivity index (χ4n) is 8.58. The smallest absolute Gasteiger partial charge is 0.388 e. The van der Waals surface area contributed by atoms with Crippen molar-refractivity contribution in [3.8, 4) is 11.1 Å². The normalized spacial score (nSPS) is 17.5. The van der Waals surface area contributed by atoms with Gasteiger partial charge in [-0.1, -0.05) is 73.1 Å². The Kier molecular flexibility index (Phi) is 15.0. The molecule has 7 rings (SSSR count). The Morgan fingerprint density at radius 1 is 0.859 bits per heavy atom. The Bertz CT molecular complexity index is 2620. The van der Waals surface area contributed by atoms with Crippen molar-refractivity contribution in [2.24, 2.45) is 5.92 Å². The predicted molar refractivity (Wildman–Crippen MR) is 247 cm³/mol. The third-order valence-electron chi connectivity index (χ3n) is 12.0. The standard InChI is InChI=1S/C47H50ClF3N4O6S3/c1-2-54-26-8-9-38(54)29-36(31-62-39-10-4-3-5-11-39)52-43-23-22-40(30-44(43)63(58,59)47(49,50)51)64(60,61)53-46(57)34-16-20-37(21-17-34)55-27-24-33(25-28-55)45(56)42-13-7-6-12-41(42)32-14-18-35(48)19-15-32/h3-7,10-23,30,33,36,38,45,52,56H,2,8-9,24-29,31H2,1H3,(H,53,57)/t36-,38+,45-/m1/s1. The molecule has 0 radical (unpaired) electrons. The minimum Gasteiger partial charge on any atom is -0.388 e. The number of aliphatic hydroxyl groups excluding tert-OH is 1. The number of carbonyl (C=O) groups is 1. The lowest BCUT2D eigenvalue weighted by Gasteiger charge is -2.36. The summed E-state index contributed by atoms with van der Waals surface area (Å²) in [7, 11) is -10.9. The molecule has 5 aromatic carbocycles. The number of amides is 1. The van der Waals surface area contributed by atoms with E-state index in [0.717, 1.165) is 65.3 Å². The first-order chi connectivity index (χ1) is 30.5. The van der Waals surface area contributed by atoms with Crippen molar-refractivity contribution in [2.75, 3.05) is 42.1 Å². The lowest BCUT2D eigenvalue weighted by molar-refractivity contribution is -0.0435. The summed E-state index contributed by atoms with van der Waals surface area (Å²) in [5.74, 6) is -0.675. The Morgan fingerprint density at radius 2 is 1.53 bits per heavy atom. The van der Waals surface area contributed by atoms with Crippen LogP contribution in [-0.4, -0.2) is 82.3 Å². The van der Waals surface area contributed by atoms with Gasteiger partial charge in [0, 0.05) is 52.1 Å². The summed E-state index contributed by atoms with van der Waals surface area (Å²) in [6.07, 6.45) is 3.01. The van der Waals surface area contributed by atoms with E-state index in [1.165, 1.54) is 23.9 Å². The average Bonchev–Trinajstić information content (AvgIpc) is 3.75. The number of aliphatic hydroxyl groups is 1. The van der Waals surface area contributed by atoms with E-state index < -0.39 is 53.2 Å². The highest BCUT2D eigenvalue weighted by Crippen LogP contribution is 2.39. The fraction of sp³-hybridized carbons (Fsp3) is 0.340. The number of anilines is 2. The molecular weight excluding hydrogens is 905 g/mol. The maximum Gasteiger partial charge on any atom is 0.501 e. The number of halogens is 4. The molecule has 10 nitrogen and oxygen atoms in total. The Morgan fingerprint density at radius 3 is 2.20 bits per heavy atom. The van der Waals surface area contributed by atoms with E-state index in [0.29, 0.717) is 49.2 Å². The topological polar surface area (TPSA) is 136 Å². The zero-order valence-electron chi connectivity index (χ0n) is 35.0. The van der Waals surface area contributed by atoms with Gasteiger partial charge in [-0.25, -0.2) is 21.6 Å². The molecule has 5 aromatic rings. The van der Waals surface area contributed by atoms with E-state index in [2.05, 4.69) is 15.1 Å². The number of carbonyl (C=O) groups excluding carboxylic acids is 1. The minimum absolute atomic E-state index is 0.0137. The summed E-state index contributed by atoms with van der Waals surface area (Å²) in [6, 6.07) is 32.9. The van der Waals surface area contributed by atoms with Crippen LogP contribution < -0.4 is 14.9 Å². The number of sulfone groups is 1. The van der Waals surface area contributed by atoms with E-state index in [9.17, 15) is 39.9 Å². The number of piperidine rings is 1. The maximum absolute atomic E-state index is 14.2. The van der Waals surface area contributed by atoms with Crippen LogP contribution in [0.3, 0.4) is 0 Å². The molecule has 0 aromatic heterocycles. The number of benzene rings is 5. The number of likely N-dealkylation sites (tertiary alicyclic amines) is 1. The van der Waals surface area contributed by atoms with Crippen LogP contribution in [0.15, 0.2) is 136 Å². The van der Waals surface area contributed by atoms with Crippen molar-refractivity contribution in [3.63, 3.8) is 0 Å². The van der Waals surface area contributed by atoms with Crippen LogP contribution in [0.5, 0.6) is 0 Å². The van der Waals surface area contributed by atoms with Crippen molar-refractivity contribution in [1.29, 1.82) is 0 Å². The maximum atomic E-state index is 14.2. The van der Waals surface area contributed by atoms with E-state index >= 15 is 0 Å².